The van der Waals surface area contributed by atoms with Crippen molar-refractivity contribution in [2.45, 2.75) is 77.4 Å². The van der Waals surface area contributed by atoms with Crippen LogP contribution >= 0.6 is 0 Å². The summed E-state index contributed by atoms with van der Waals surface area (Å²) in [5.41, 5.74) is 0. The van der Waals surface area contributed by atoms with Gasteiger partial charge in [0.2, 0.25) is 0 Å². The van der Waals surface area contributed by atoms with Crippen LogP contribution in [0.25, 0.3) is 0 Å². The van der Waals surface area contributed by atoms with Gasteiger partial charge in [-0.1, -0.05) is 27.2 Å². The van der Waals surface area contributed by atoms with E-state index in [4.69, 9.17) is 0 Å². The zero-order valence-corrected chi connectivity index (χ0v) is 11.9. The normalized spacial score (nSPS) is 22.4. The van der Waals surface area contributed by atoms with Crippen LogP contribution < -0.4 is 5.32 Å². The van der Waals surface area contributed by atoms with E-state index in [1.807, 2.05) is 0 Å². The van der Waals surface area contributed by atoms with Gasteiger partial charge in [-0.2, -0.15) is 0 Å². The van der Waals surface area contributed by atoms with Crippen molar-refractivity contribution in [2.24, 2.45) is 5.92 Å². The summed E-state index contributed by atoms with van der Waals surface area (Å²) in [6.45, 7) is 9.55. The van der Waals surface area contributed by atoms with E-state index in [0.717, 1.165) is 24.0 Å². The predicted molar refractivity (Wildman–Crippen MR) is 74.3 cm³/mol. The second-order valence-corrected chi connectivity index (χ2v) is 6.45. The van der Waals surface area contributed by atoms with Gasteiger partial charge >= 0.3 is 0 Å². The fraction of sp³-hybridized carbons (Fsp3) is 1.00. The van der Waals surface area contributed by atoms with Crippen LogP contribution in [0.5, 0.6) is 0 Å². The molecule has 1 atom stereocenters. The molecule has 0 bridgehead atoms. The molecule has 0 aliphatic heterocycles. The van der Waals surface area contributed by atoms with E-state index in [0.29, 0.717) is 0 Å². The summed E-state index contributed by atoms with van der Waals surface area (Å²) in [6, 6.07) is 2.56. The van der Waals surface area contributed by atoms with Gasteiger partial charge in [0.1, 0.15) is 0 Å². The summed E-state index contributed by atoms with van der Waals surface area (Å²) in [7, 11) is 0. The molecule has 2 aliphatic rings. The van der Waals surface area contributed by atoms with Crippen LogP contribution in [-0.4, -0.2) is 36.1 Å². The highest BCUT2D eigenvalue weighted by molar-refractivity contribution is 4.91. The zero-order valence-electron chi connectivity index (χ0n) is 11.9. The van der Waals surface area contributed by atoms with E-state index in [2.05, 4.69) is 31.0 Å². The lowest BCUT2D eigenvalue weighted by Gasteiger charge is -2.33. The minimum Gasteiger partial charge on any atom is -0.312 e. The summed E-state index contributed by atoms with van der Waals surface area (Å²) >= 11 is 0. The van der Waals surface area contributed by atoms with Crippen LogP contribution in [0.3, 0.4) is 0 Å². The molecule has 2 saturated carbocycles. The number of nitrogens with zero attached hydrogens (tertiary/aromatic N) is 1. The van der Waals surface area contributed by atoms with Crippen LogP contribution in [0.1, 0.15) is 59.3 Å². The van der Waals surface area contributed by atoms with Gasteiger partial charge in [0, 0.05) is 31.2 Å². The second kappa shape index (κ2) is 6.19. The Morgan fingerprint density at radius 3 is 2.35 bits per heavy atom. The van der Waals surface area contributed by atoms with Crippen molar-refractivity contribution in [2.75, 3.05) is 13.1 Å². The van der Waals surface area contributed by atoms with Crippen molar-refractivity contribution < 1.29 is 0 Å². The molecule has 0 spiro atoms. The van der Waals surface area contributed by atoms with Gasteiger partial charge in [-0.05, 0) is 38.0 Å². The van der Waals surface area contributed by atoms with E-state index in [9.17, 15) is 0 Å². The standard InChI is InChI=1S/C15H30N2/c1-4-5-15(10-16-13-6-7-13)17(11-12(2)3)14-8-9-14/h12-16H,4-11H2,1-3H3. The third kappa shape index (κ3) is 4.59. The molecule has 0 amide bonds. The molecular formula is C15H30N2. The van der Waals surface area contributed by atoms with Crippen molar-refractivity contribution in [3.63, 3.8) is 0 Å². The van der Waals surface area contributed by atoms with Crippen molar-refractivity contribution in [1.29, 1.82) is 0 Å². The molecule has 2 aliphatic carbocycles. The van der Waals surface area contributed by atoms with E-state index < -0.39 is 0 Å². The number of hydrogen-bond donors (Lipinski definition) is 1. The van der Waals surface area contributed by atoms with Gasteiger partial charge in [0.25, 0.3) is 0 Å². The SMILES string of the molecule is CCCC(CNC1CC1)N(CC(C)C)C1CC1. The Bertz CT molecular complexity index is 219. The molecule has 0 aromatic carbocycles. The molecule has 2 nitrogen and oxygen atoms in total. The van der Waals surface area contributed by atoms with Gasteiger partial charge in [-0.15, -0.1) is 0 Å². The lowest BCUT2D eigenvalue weighted by molar-refractivity contribution is 0.152. The Morgan fingerprint density at radius 2 is 1.88 bits per heavy atom. The van der Waals surface area contributed by atoms with Crippen LogP contribution in [0, 0.1) is 5.92 Å². The molecule has 0 aromatic rings. The molecule has 0 saturated heterocycles. The highest BCUT2D eigenvalue weighted by Crippen LogP contribution is 2.31. The minimum absolute atomic E-state index is 0.787. The number of nitrogens with one attached hydrogen (secondary N) is 1. The highest BCUT2D eigenvalue weighted by atomic mass is 15.2. The summed E-state index contributed by atoms with van der Waals surface area (Å²) in [5, 5.41) is 3.74. The molecular weight excluding hydrogens is 208 g/mol. The number of rotatable bonds is 9. The largest absolute Gasteiger partial charge is 0.312 e. The molecule has 0 heterocycles. The molecule has 1 N–H and O–H groups in total. The number of hydrogen-bond acceptors (Lipinski definition) is 2. The first-order chi connectivity index (χ1) is 8.20. The molecule has 100 valence electrons. The highest BCUT2D eigenvalue weighted by Gasteiger charge is 2.34. The van der Waals surface area contributed by atoms with Gasteiger partial charge in [0.05, 0.1) is 0 Å². The van der Waals surface area contributed by atoms with Gasteiger partial charge in [0.15, 0.2) is 0 Å². The average Bonchev–Trinajstić information content (AvgIpc) is 3.15. The van der Waals surface area contributed by atoms with Crippen molar-refractivity contribution in [3.8, 4) is 0 Å². The quantitative estimate of drug-likeness (QED) is 0.664. The molecule has 2 rings (SSSR count). The second-order valence-electron chi connectivity index (χ2n) is 6.45. The Labute approximate surface area is 107 Å². The Morgan fingerprint density at radius 1 is 1.18 bits per heavy atom. The lowest BCUT2D eigenvalue weighted by Crippen LogP contribution is -2.45. The summed E-state index contributed by atoms with van der Waals surface area (Å²) in [6.07, 6.45) is 8.38. The predicted octanol–water partition coefficient (Wildman–Crippen LogP) is 3.03. The minimum atomic E-state index is 0.787. The van der Waals surface area contributed by atoms with E-state index in [1.54, 1.807) is 0 Å². The maximum Gasteiger partial charge on any atom is 0.0223 e. The third-order valence-corrected chi connectivity index (χ3v) is 3.90. The molecule has 0 aromatic heterocycles. The summed E-state index contributed by atoms with van der Waals surface area (Å²) < 4.78 is 0. The van der Waals surface area contributed by atoms with Crippen molar-refractivity contribution in [1.82, 2.24) is 10.2 Å². The Balaban J connectivity index is 1.84. The molecule has 2 heteroatoms. The molecule has 0 radical (unpaired) electrons. The molecule has 17 heavy (non-hydrogen) atoms. The van der Waals surface area contributed by atoms with E-state index in [-0.39, 0.29) is 0 Å². The maximum atomic E-state index is 3.74. The van der Waals surface area contributed by atoms with Crippen LogP contribution in [0.4, 0.5) is 0 Å². The van der Waals surface area contributed by atoms with E-state index in [1.165, 1.54) is 51.6 Å². The lowest BCUT2D eigenvalue weighted by atomic mass is 10.1. The van der Waals surface area contributed by atoms with E-state index >= 15 is 0 Å². The first-order valence-corrected chi connectivity index (χ1v) is 7.69. The fourth-order valence-corrected chi connectivity index (χ4v) is 2.73. The van der Waals surface area contributed by atoms with Gasteiger partial charge < -0.3 is 5.32 Å². The topological polar surface area (TPSA) is 15.3 Å². The smallest absolute Gasteiger partial charge is 0.0223 e. The summed E-state index contributed by atoms with van der Waals surface area (Å²) in [4.78, 5) is 2.81. The van der Waals surface area contributed by atoms with Gasteiger partial charge in [-0.3, -0.25) is 4.90 Å². The Kier molecular flexibility index (Phi) is 4.87. The van der Waals surface area contributed by atoms with Crippen LogP contribution in [-0.2, 0) is 0 Å². The first-order valence-electron chi connectivity index (χ1n) is 7.69. The van der Waals surface area contributed by atoms with Crippen LogP contribution in [0.2, 0.25) is 0 Å². The summed E-state index contributed by atoms with van der Waals surface area (Å²) in [5.74, 6) is 0.802. The van der Waals surface area contributed by atoms with Crippen molar-refractivity contribution >= 4 is 0 Å². The van der Waals surface area contributed by atoms with Gasteiger partial charge in [-0.25, -0.2) is 0 Å². The monoisotopic (exact) mass is 238 g/mol. The molecule has 2 fully saturated rings. The van der Waals surface area contributed by atoms with Crippen molar-refractivity contribution in [3.05, 3.63) is 0 Å². The average molecular weight is 238 g/mol. The zero-order chi connectivity index (χ0) is 12.3. The third-order valence-electron chi connectivity index (χ3n) is 3.90. The fourth-order valence-electron chi connectivity index (χ4n) is 2.73. The first kappa shape index (κ1) is 13.4. The Hall–Kier alpha value is -0.0800. The maximum absolute atomic E-state index is 3.74. The molecule has 1 unspecified atom stereocenters. The van der Waals surface area contributed by atoms with Crippen LogP contribution in [0.15, 0.2) is 0 Å².